The summed E-state index contributed by atoms with van der Waals surface area (Å²) < 4.78 is 30.6. The van der Waals surface area contributed by atoms with Crippen molar-refractivity contribution in [1.82, 2.24) is 4.31 Å². The van der Waals surface area contributed by atoms with Crippen LogP contribution >= 0.6 is 0 Å². The van der Waals surface area contributed by atoms with Crippen molar-refractivity contribution in [2.75, 3.05) is 13.1 Å². The molecule has 0 bridgehead atoms. The molecule has 0 aromatic heterocycles. The van der Waals surface area contributed by atoms with Crippen molar-refractivity contribution in [3.8, 4) is 0 Å². The zero-order chi connectivity index (χ0) is 14.6. The van der Waals surface area contributed by atoms with E-state index >= 15 is 0 Å². The number of rotatable bonds is 4. The van der Waals surface area contributed by atoms with Gasteiger partial charge in [0.1, 0.15) is 6.10 Å². The summed E-state index contributed by atoms with van der Waals surface area (Å²) in [6.07, 6.45) is -0.910. The Morgan fingerprint density at radius 3 is 2.40 bits per heavy atom. The Balaban J connectivity index is 1.94. The molecule has 2 rings (SSSR count). The largest absolute Gasteiger partial charge is 0.506 e. The van der Waals surface area contributed by atoms with Gasteiger partial charge in [0.05, 0.1) is 5.75 Å². The first-order valence-corrected chi connectivity index (χ1v) is 7.99. The minimum absolute atomic E-state index is 0.0295. The molecular weight excluding hydrogens is 282 g/mol. The van der Waals surface area contributed by atoms with Crippen LogP contribution in [0, 0.1) is 0 Å². The number of benzene rings is 1. The van der Waals surface area contributed by atoms with Crippen molar-refractivity contribution in [3.63, 3.8) is 0 Å². The van der Waals surface area contributed by atoms with Gasteiger partial charge in [-0.1, -0.05) is 30.3 Å². The van der Waals surface area contributed by atoms with Crippen LogP contribution in [0.4, 0.5) is 4.79 Å². The van der Waals surface area contributed by atoms with E-state index in [4.69, 9.17) is 5.11 Å². The third-order valence-corrected chi connectivity index (χ3v) is 5.10. The SMILES string of the molecule is O=C(O)OC1CCN(S(=O)(=O)Cc2ccccc2)CC1. The van der Waals surface area contributed by atoms with E-state index in [1.165, 1.54) is 4.31 Å². The van der Waals surface area contributed by atoms with Gasteiger partial charge in [-0.15, -0.1) is 0 Å². The number of hydrogen-bond donors (Lipinski definition) is 1. The molecule has 1 fully saturated rings. The Bertz CT molecular complexity index is 549. The topological polar surface area (TPSA) is 83.9 Å². The van der Waals surface area contributed by atoms with E-state index in [9.17, 15) is 13.2 Å². The van der Waals surface area contributed by atoms with Crippen molar-refractivity contribution in [2.45, 2.75) is 24.7 Å². The first-order valence-electron chi connectivity index (χ1n) is 6.39. The van der Waals surface area contributed by atoms with Crippen LogP contribution in [0.15, 0.2) is 30.3 Å². The van der Waals surface area contributed by atoms with Crippen LogP contribution in [-0.2, 0) is 20.5 Å². The molecule has 1 aliphatic rings. The molecule has 0 amide bonds. The lowest BCUT2D eigenvalue weighted by Gasteiger charge is -2.30. The molecule has 7 heteroatoms. The van der Waals surface area contributed by atoms with Gasteiger partial charge in [-0.25, -0.2) is 17.5 Å². The summed E-state index contributed by atoms with van der Waals surface area (Å²) in [5.74, 6) is -0.0295. The lowest BCUT2D eigenvalue weighted by atomic mass is 10.1. The highest BCUT2D eigenvalue weighted by molar-refractivity contribution is 7.88. The van der Waals surface area contributed by atoms with Gasteiger partial charge in [-0.05, 0) is 18.4 Å². The van der Waals surface area contributed by atoms with Gasteiger partial charge < -0.3 is 9.84 Å². The van der Waals surface area contributed by atoms with Crippen LogP contribution in [0.1, 0.15) is 18.4 Å². The maximum atomic E-state index is 12.3. The van der Waals surface area contributed by atoms with E-state index < -0.39 is 22.3 Å². The van der Waals surface area contributed by atoms with Gasteiger partial charge in [0.25, 0.3) is 0 Å². The second kappa shape index (κ2) is 6.23. The van der Waals surface area contributed by atoms with Gasteiger partial charge in [-0.3, -0.25) is 0 Å². The van der Waals surface area contributed by atoms with Crippen LogP contribution in [0.3, 0.4) is 0 Å². The fourth-order valence-electron chi connectivity index (χ4n) is 2.25. The van der Waals surface area contributed by atoms with Gasteiger partial charge in [0.15, 0.2) is 0 Å². The average molecular weight is 299 g/mol. The molecule has 0 spiro atoms. The molecule has 0 saturated carbocycles. The third-order valence-electron chi connectivity index (χ3n) is 3.25. The third kappa shape index (κ3) is 3.94. The molecule has 1 N–H and O–H groups in total. The zero-order valence-corrected chi connectivity index (χ0v) is 11.8. The molecule has 0 atom stereocenters. The van der Waals surface area contributed by atoms with E-state index in [1.54, 1.807) is 24.3 Å². The first-order chi connectivity index (χ1) is 9.47. The molecule has 1 saturated heterocycles. The molecule has 1 aromatic rings. The number of nitrogens with zero attached hydrogens (tertiary/aromatic N) is 1. The normalized spacial score (nSPS) is 17.8. The maximum Gasteiger partial charge on any atom is 0.506 e. The van der Waals surface area contributed by atoms with E-state index in [-0.39, 0.29) is 5.75 Å². The predicted molar refractivity (Wildman–Crippen MR) is 72.8 cm³/mol. The number of ether oxygens (including phenoxy) is 1. The highest BCUT2D eigenvalue weighted by Gasteiger charge is 2.29. The maximum absolute atomic E-state index is 12.3. The van der Waals surface area contributed by atoms with Gasteiger partial charge in [0, 0.05) is 13.1 Å². The van der Waals surface area contributed by atoms with E-state index in [1.807, 2.05) is 6.07 Å². The summed E-state index contributed by atoms with van der Waals surface area (Å²) in [7, 11) is -3.36. The van der Waals surface area contributed by atoms with Crippen molar-refractivity contribution < 1.29 is 23.1 Å². The smallest absolute Gasteiger partial charge is 0.450 e. The molecule has 1 heterocycles. The number of hydrogen-bond acceptors (Lipinski definition) is 4. The van der Waals surface area contributed by atoms with Crippen LogP contribution in [0.5, 0.6) is 0 Å². The quantitative estimate of drug-likeness (QED) is 0.855. The predicted octanol–water partition coefficient (Wildman–Crippen LogP) is 1.68. The molecule has 0 unspecified atom stereocenters. The van der Waals surface area contributed by atoms with E-state index in [2.05, 4.69) is 4.74 Å². The molecule has 1 aliphatic heterocycles. The van der Waals surface area contributed by atoms with Crippen LogP contribution in [0.25, 0.3) is 0 Å². The Hall–Kier alpha value is -1.60. The lowest BCUT2D eigenvalue weighted by Crippen LogP contribution is -2.41. The highest BCUT2D eigenvalue weighted by Crippen LogP contribution is 2.19. The van der Waals surface area contributed by atoms with Gasteiger partial charge in [0.2, 0.25) is 10.0 Å². The van der Waals surface area contributed by atoms with Crippen LogP contribution < -0.4 is 0 Å². The number of carboxylic acid groups (broad SMARTS) is 1. The fourth-order valence-corrected chi connectivity index (χ4v) is 3.81. The zero-order valence-electron chi connectivity index (χ0n) is 10.9. The van der Waals surface area contributed by atoms with Crippen LogP contribution in [0.2, 0.25) is 0 Å². The summed E-state index contributed by atoms with van der Waals surface area (Å²) in [5, 5.41) is 8.53. The molecule has 20 heavy (non-hydrogen) atoms. The van der Waals surface area contributed by atoms with Crippen molar-refractivity contribution in [2.24, 2.45) is 0 Å². The van der Waals surface area contributed by atoms with E-state index in [0.29, 0.717) is 25.9 Å². The fraction of sp³-hybridized carbons (Fsp3) is 0.462. The monoisotopic (exact) mass is 299 g/mol. The summed E-state index contributed by atoms with van der Waals surface area (Å²) in [6, 6.07) is 9.00. The number of carbonyl (C=O) groups is 1. The summed E-state index contributed by atoms with van der Waals surface area (Å²) in [4.78, 5) is 10.4. The molecule has 1 aromatic carbocycles. The summed E-state index contributed by atoms with van der Waals surface area (Å²) in [6.45, 7) is 0.597. The first kappa shape index (κ1) is 14.8. The summed E-state index contributed by atoms with van der Waals surface area (Å²) in [5.41, 5.74) is 0.747. The average Bonchev–Trinajstić information content (AvgIpc) is 2.39. The van der Waals surface area contributed by atoms with Crippen LogP contribution in [-0.4, -0.2) is 43.2 Å². The Morgan fingerprint density at radius 1 is 1.25 bits per heavy atom. The Kier molecular flexibility index (Phi) is 4.61. The molecule has 0 aliphatic carbocycles. The van der Waals surface area contributed by atoms with Crippen molar-refractivity contribution in [3.05, 3.63) is 35.9 Å². The molecule has 110 valence electrons. The van der Waals surface area contributed by atoms with Gasteiger partial charge in [-0.2, -0.15) is 0 Å². The Labute approximate surface area is 118 Å². The molecular formula is C13H17NO5S. The lowest BCUT2D eigenvalue weighted by molar-refractivity contribution is 0.0307. The van der Waals surface area contributed by atoms with Gasteiger partial charge >= 0.3 is 6.16 Å². The van der Waals surface area contributed by atoms with E-state index in [0.717, 1.165) is 5.56 Å². The minimum atomic E-state index is -3.36. The number of sulfonamides is 1. The highest BCUT2D eigenvalue weighted by atomic mass is 32.2. The van der Waals surface area contributed by atoms with Crippen molar-refractivity contribution >= 4 is 16.2 Å². The molecule has 6 nitrogen and oxygen atoms in total. The minimum Gasteiger partial charge on any atom is -0.450 e. The summed E-state index contributed by atoms with van der Waals surface area (Å²) >= 11 is 0. The van der Waals surface area contributed by atoms with Crippen molar-refractivity contribution in [1.29, 1.82) is 0 Å². The standard InChI is InChI=1S/C13H17NO5S/c15-13(16)19-12-6-8-14(9-7-12)20(17,18)10-11-4-2-1-3-5-11/h1-5,12H,6-10H2,(H,15,16). The second-order valence-electron chi connectivity index (χ2n) is 4.72. The second-order valence-corrected chi connectivity index (χ2v) is 6.69. The number of piperidine rings is 1. The molecule has 0 radical (unpaired) electrons. The Morgan fingerprint density at radius 2 is 1.85 bits per heavy atom.